The van der Waals surface area contributed by atoms with Crippen molar-refractivity contribution >= 4 is 43.5 Å². The molecule has 210 valence electrons. The molecular formula is C40H25N5. The Morgan fingerprint density at radius 2 is 1.04 bits per heavy atom. The minimum atomic E-state index is 0.826. The van der Waals surface area contributed by atoms with Gasteiger partial charge in [-0.2, -0.15) is 0 Å². The van der Waals surface area contributed by atoms with Crippen LogP contribution in [0.5, 0.6) is 0 Å². The quantitative estimate of drug-likeness (QED) is 0.196. The smallest absolute Gasteiger partial charge is 0.0886 e. The molecule has 0 atom stereocenters. The molecular weight excluding hydrogens is 550 g/mol. The maximum absolute atomic E-state index is 5.01. The van der Waals surface area contributed by atoms with Gasteiger partial charge in [0.25, 0.3) is 0 Å². The average Bonchev–Trinajstić information content (AvgIpc) is 3.46. The molecule has 5 heterocycles. The van der Waals surface area contributed by atoms with Crippen LogP contribution in [0.1, 0.15) is 0 Å². The summed E-state index contributed by atoms with van der Waals surface area (Å²) in [5.74, 6) is 0. The predicted octanol–water partition coefficient (Wildman–Crippen LogP) is 9.67. The van der Waals surface area contributed by atoms with Crippen LogP contribution in [0, 0.1) is 0 Å². The first-order valence-electron chi connectivity index (χ1n) is 15.0. The van der Waals surface area contributed by atoms with Gasteiger partial charge >= 0.3 is 0 Å². The minimum absolute atomic E-state index is 0.826. The topological polar surface area (TPSA) is 56.5 Å². The summed E-state index contributed by atoms with van der Waals surface area (Å²) in [6.07, 6.45) is 7.62. The second kappa shape index (κ2) is 10.2. The zero-order valence-corrected chi connectivity index (χ0v) is 24.2. The Kier molecular flexibility index (Phi) is 5.74. The fourth-order valence-electron chi connectivity index (χ4n) is 6.42. The van der Waals surface area contributed by atoms with E-state index in [1.807, 2.05) is 43.0 Å². The van der Waals surface area contributed by atoms with Gasteiger partial charge in [-0.3, -0.25) is 15.0 Å². The first-order chi connectivity index (χ1) is 22.3. The Morgan fingerprint density at radius 1 is 0.422 bits per heavy atom. The summed E-state index contributed by atoms with van der Waals surface area (Å²) < 4.78 is 2.29. The molecule has 45 heavy (non-hydrogen) atoms. The van der Waals surface area contributed by atoms with Crippen LogP contribution in [0.15, 0.2) is 152 Å². The highest BCUT2D eigenvalue weighted by Crippen LogP contribution is 2.34. The number of nitrogens with zero attached hydrogens (tertiary/aromatic N) is 5. The maximum atomic E-state index is 5.01. The van der Waals surface area contributed by atoms with Gasteiger partial charge in [-0.1, -0.05) is 78.9 Å². The van der Waals surface area contributed by atoms with Gasteiger partial charge in [-0.15, -0.1) is 0 Å². The van der Waals surface area contributed by atoms with E-state index >= 15 is 0 Å². The Labute approximate surface area is 259 Å². The molecule has 9 aromatic rings. The summed E-state index contributed by atoms with van der Waals surface area (Å²) in [5.41, 5.74) is 10.1. The first-order valence-corrected chi connectivity index (χ1v) is 15.0. The summed E-state index contributed by atoms with van der Waals surface area (Å²) >= 11 is 0. The van der Waals surface area contributed by atoms with Gasteiger partial charge in [-0.05, 0) is 59.5 Å². The lowest BCUT2D eigenvalue weighted by Gasteiger charge is -2.10. The van der Waals surface area contributed by atoms with Gasteiger partial charge in [0.1, 0.15) is 0 Å². The Balaban J connectivity index is 1.01. The minimum Gasteiger partial charge on any atom is -0.309 e. The predicted molar refractivity (Wildman–Crippen MR) is 183 cm³/mol. The number of rotatable bonds is 4. The van der Waals surface area contributed by atoms with Crippen molar-refractivity contribution in [2.45, 2.75) is 0 Å². The van der Waals surface area contributed by atoms with Crippen molar-refractivity contribution in [2.75, 3.05) is 0 Å². The third kappa shape index (κ3) is 4.17. The lowest BCUT2D eigenvalue weighted by molar-refractivity contribution is 1.17. The van der Waals surface area contributed by atoms with Crippen LogP contribution in [0.25, 0.3) is 82.9 Å². The molecule has 0 fully saturated rings. The number of para-hydroxylation sites is 2. The third-order valence-corrected chi connectivity index (χ3v) is 8.60. The van der Waals surface area contributed by atoms with Crippen molar-refractivity contribution in [1.82, 2.24) is 24.5 Å². The van der Waals surface area contributed by atoms with Crippen molar-refractivity contribution in [2.24, 2.45) is 0 Å². The van der Waals surface area contributed by atoms with Gasteiger partial charge in [0.05, 0.1) is 33.6 Å². The van der Waals surface area contributed by atoms with E-state index in [0.29, 0.717) is 0 Å². The lowest BCUT2D eigenvalue weighted by atomic mass is 10.0. The van der Waals surface area contributed by atoms with Crippen molar-refractivity contribution in [3.8, 4) is 39.5 Å². The molecule has 0 N–H and O–H groups in total. The highest BCUT2D eigenvalue weighted by atomic mass is 15.0. The van der Waals surface area contributed by atoms with E-state index in [4.69, 9.17) is 15.0 Å². The molecule has 9 rings (SSSR count). The molecule has 0 amide bonds. The van der Waals surface area contributed by atoms with Crippen molar-refractivity contribution in [3.63, 3.8) is 0 Å². The van der Waals surface area contributed by atoms with Crippen LogP contribution < -0.4 is 0 Å². The Bertz CT molecular complexity index is 2460. The highest BCUT2D eigenvalue weighted by molar-refractivity contribution is 6.11. The highest BCUT2D eigenvalue weighted by Gasteiger charge is 2.13. The Hall–Kier alpha value is -6.20. The molecule has 0 aliphatic carbocycles. The average molecular weight is 576 g/mol. The van der Waals surface area contributed by atoms with Gasteiger partial charge in [-0.25, -0.2) is 4.98 Å². The van der Waals surface area contributed by atoms with Crippen molar-refractivity contribution in [3.05, 3.63) is 152 Å². The van der Waals surface area contributed by atoms with Crippen LogP contribution >= 0.6 is 0 Å². The normalized spacial score (nSPS) is 11.6. The number of aromatic nitrogens is 5. The SMILES string of the molecule is c1ccc2c(c1)nc(-c1ccc(-c3ccc(-c4ccc(-n5c6ccccc6c6cnccc65)cc4)cn3)nc1)c1ccccc12. The van der Waals surface area contributed by atoms with E-state index in [9.17, 15) is 0 Å². The lowest BCUT2D eigenvalue weighted by Crippen LogP contribution is -1.94. The summed E-state index contributed by atoms with van der Waals surface area (Å²) in [5, 5.41) is 5.83. The summed E-state index contributed by atoms with van der Waals surface area (Å²) in [6.45, 7) is 0. The molecule has 4 aromatic carbocycles. The van der Waals surface area contributed by atoms with Crippen LogP contribution in [-0.4, -0.2) is 24.5 Å². The van der Waals surface area contributed by atoms with E-state index in [-0.39, 0.29) is 0 Å². The molecule has 5 nitrogen and oxygen atoms in total. The van der Waals surface area contributed by atoms with E-state index in [1.165, 1.54) is 16.3 Å². The number of fused-ring (bicyclic) bond motifs is 6. The van der Waals surface area contributed by atoms with Crippen molar-refractivity contribution < 1.29 is 0 Å². The van der Waals surface area contributed by atoms with Crippen LogP contribution in [-0.2, 0) is 0 Å². The van der Waals surface area contributed by atoms with Gasteiger partial charge in [0.2, 0.25) is 0 Å². The molecule has 0 unspecified atom stereocenters. The standard InChI is InChI=1S/C40H25N5/c1-2-10-33-30(7-1)31-8-3-5-11-35(31)44-40(33)28-16-20-37(43-24-28)36-19-15-27(23-42-36)26-13-17-29(18-14-26)45-38-12-6-4-9-32(38)34-25-41-22-21-39(34)45/h1-25H. The Morgan fingerprint density at radius 3 is 1.80 bits per heavy atom. The van der Waals surface area contributed by atoms with Gasteiger partial charge in [0.15, 0.2) is 0 Å². The second-order valence-corrected chi connectivity index (χ2v) is 11.2. The molecule has 0 spiro atoms. The van der Waals surface area contributed by atoms with Gasteiger partial charge in [0, 0.05) is 63.1 Å². The van der Waals surface area contributed by atoms with Crippen LogP contribution in [0.4, 0.5) is 0 Å². The number of benzene rings is 4. The second-order valence-electron chi connectivity index (χ2n) is 11.2. The van der Waals surface area contributed by atoms with Crippen LogP contribution in [0.2, 0.25) is 0 Å². The van der Waals surface area contributed by atoms with E-state index in [2.05, 4.69) is 119 Å². The molecule has 0 aliphatic rings. The number of hydrogen-bond donors (Lipinski definition) is 0. The number of hydrogen-bond acceptors (Lipinski definition) is 4. The first kappa shape index (κ1) is 25.3. The van der Waals surface area contributed by atoms with Gasteiger partial charge < -0.3 is 4.57 Å². The molecule has 5 aromatic heterocycles. The molecule has 0 aliphatic heterocycles. The third-order valence-electron chi connectivity index (χ3n) is 8.60. The fraction of sp³-hybridized carbons (Fsp3) is 0. The fourth-order valence-corrected chi connectivity index (χ4v) is 6.42. The van der Waals surface area contributed by atoms with Crippen LogP contribution in [0.3, 0.4) is 0 Å². The molecule has 5 heteroatoms. The summed E-state index contributed by atoms with van der Waals surface area (Å²) in [4.78, 5) is 19.0. The monoisotopic (exact) mass is 575 g/mol. The zero-order valence-electron chi connectivity index (χ0n) is 24.2. The van der Waals surface area contributed by atoms with E-state index < -0.39 is 0 Å². The molecule has 0 radical (unpaired) electrons. The maximum Gasteiger partial charge on any atom is 0.0886 e. The van der Waals surface area contributed by atoms with Crippen molar-refractivity contribution in [1.29, 1.82) is 0 Å². The molecule has 0 saturated carbocycles. The zero-order chi connectivity index (χ0) is 29.7. The number of pyridine rings is 4. The summed E-state index contributed by atoms with van der Waals surface area (Å²) in [7, 11) is 0. The molecule has 0 saturated heterocycles. The van der Waals surface area contributed by atoms with E-state index in [0.717, 1.165) is 66.7 Å². The van der Waals surface area contributed by atoms with E-state index in [1.54, 1.807) is 0 Å². The summed E-state index contributed by atoms with van der Waals surface area (Å²) in [6, 6.07) is 44.2. The largest absolute Gasteiger partial charge is 0.309 e. The molecule has 0 bridgehead atoms.